The molecule has 0 aliphatic heterocycles. The standard InChI is InChI=1S/C14H20F3NO/c1-3-19-13(11-7-5-4-6-8-11)12(18-2)9-10-14(15,16)17/h4-8,12-13,18H,3,9-10H2,1-2H3. The lowest BCUT2D eigenvalue weighted by Gasteiger charge is -2.27. The predicted molar refractivity (Wildman–Crippen MR) is 68.9 cm³/mol. The normalized spacial score (nSPS) is 15.2. The molecule has 108 valence electrons. The Morgan fingerprint density at radius 1 is 1.21 bits per heavy atom. The molecule has 5 heteroatoms. The molecule has 0 amide bonds. The van der Waals surface area contributed by atoms with Crippen molar-refractivity contribution in [2.45, 2.75) is 38.1 Å². The van der Waals surface area contributed by atoms with Crippen molar-refractivity contribution in [1.29, 1.82) is 0 Å². The number of halogens is 3. The van der Waals surface area contributed by atoms with Crippen LogP contribution in [0.3, 0.4) is 0 Å². The lowest BCUT2D eigenvalue weighted by Crippen LogP contribution is -2.35. The minimum Gasteiger partial charge on any atom is -0.372 e. The molecule has 0 bridgehead atoms. The molecule has 1 aromatic rings. The average molecular weight is 275 g/mol. The second-order valence-electron chi connectivity index (χ2n) is 4.34. The van der Waals surface area contributed by atoms with Crippen molar-refractivity contribution < 1.29 is 17.9 Å². The molecule has 0 aliphatic carbocycles. The summed E-state index contributed by atoms with van der Waals surface area (Å²) >= 11 is 0. The molecule has 0 aliphatic rings. The SMILES string of the molecule is CCOC(c1ccccc1)C(CCC(F)(F)F)NC. The molecular weight excluding hydrogens is 255 g/mol. The fourth-order valence-electron chi connectivity index (χ4n) is 2.03. The lowest BCUT2D eigenvalue weighted by atomic mass is 9.98. The molecule has 2 nitrogen and oxygen atoms in total. The van der Waals surface area contributed by atoms with E-state index in [0.717, 1.165) is 5.56 Å². The molecule has 0 radical (unpaired) electrons. The molecule has 1 N–H and O–H groups in total. The van der Waals surface area contributed by atoms with Gasteiger partial charge in [-0.25, -0.2) is 0 Å². The van der Waals surface area contributed by atoms with Gasteiger partial charge in [-0.15, -0.1) is 0 Å². The first kappa shape index (κ1) is 16.0. The van der Waals surface area contributed by atoms with Gasteiger partial charge in [0.25, 0.3) is 0 Å². The first-order chi connectivity index (χ1) is 8.98. The molecule has 1 aromatic carbocycles. The van der Waals surface area contributed by atoms with Crippen molar-refractivity contribution >= 4 is 0 Å². The highest BCUT2D eigenvalue weighted by Gasteiger charge is 2.31. The molecule has 1 rings (SSSR count). The van der Waals surface area contributed by atoms with E-state index < -0.39 is 12.6 Å². The van der Waals surface area contributed by atoms with E-state index in [1.807, 2.05) is 37.3 Å². The molecule has 0 aromatic heterocycles. The maximum Gasteiger partial charge on any atom is 0.389 e. The van der Waals surface area contributed by atoms with Gasteiger partial charge in [-0.05, 0) is 26.0 Å². The Morgan fingerprint density at radius 3 is 2.32 bits per heavy atom. The van der Waals surface area contributed by atoms with Crippen molar-refractivity contribution in [1.82, 2.24) is 5.32 Å². The third kappa shape index (κ3) is 5.61. The summed E-state index contributed by atoms with van der Waals surface area (Å²) in [4.78, 5) is 0. The Bertz CT molecular complexity index is 353. The highest BCUT2D eigenvalue weighted by molar-refractivity contribution is 5.19. The van der Waals surface area contributed by atoms with Crippen LogP contribution in [-0.4, -0.2) is 25.9 Å². The number of likely N-dealkylation sites (N-methyl/N-ethyl adjacent to an activating group) is 1. The third-order valence-corrected chi connectivity index (χ3v) is 2.95. The predicted octanol–water partition coefficient (Wildman–Crippen LogP) is 3.69. The van der Waals surface area contributed by atoms with E-state index >= 15 is 0 Å². The third-order valence-electron chi connectivity index (χ3n) is 2.95. The maximum atomic E-state index is 12.3. The van der Waals surface area contributed by atoms with E-state index in [1.54, 1.807) is 7.05 Å². The molecule has 0 saturated heterocycles. The smallest absolute Gasteiger partial charge is 0.372 e. The van der Waals surface area contributed by atoms with Crippen molar-refractivity contribution in [2.75, 3.05) is 13.7 Å². The van der Waals surface area contributed by atoms with E-state index in [2.05, 4.69) is 5.32 Å². The maximum absolute atomic E-state index is 12.3. The van der Waals surface area contributed by atoms with Crippen LogP contribution in [0, 0.1) is 0 Å². The van der Waals surface area contributed by atoms with Gasteiger partial charge in [0.1, 0.15) is 0 Å². The van der Waals surface area contributed by atoms with Crippen LogP contribution in [0.15, 0.2) is 30.3 Å². The van der Waals surface area contributed by atoms with Gasteiger partial charge in [0.15, 0.2) is 0 Å². The highest BCUT2D eigenvalue weighted by atomic mass is 19.4. The number of hydrogen-bond donors (Lipinski definition) is 1. The zero-order valence-electron chi connectivity index (χ0n) is 11.2. The van der Waals surface area contributed by atoms with Crippen LogP contribution in [0.2, 0.25) is 0 Å². The fraction of sp³-hybridized carbons (Fsp3) is 0.571. The number of rotatable bonds is 7. The number of benzene rings is 1. The second-order valence-corrected chi connectivity index (χ2v) is 4.34. The van der Waals surface area contributed by atoms with Crippen molar-refractivity contribution in [3.8, 4) is 0 Å². The van der Waals surface area contributed by atoms with E-state index in [-0.39, 0.29) is 18.6 Å². The van der Waals surface area contributed by atoms with Crippen LogP contribution >= 0.6 is 0 Å². The fourth-order valence-corrected chi connectivity index (χ4v) is 2.03. The molecular formula is C14H20F3NO. The molecule has 2 atom stereocenters. The first-order valence-corrected chi connectivity index (χ1v) is 6.38. The van der Waals surface area contributed by atoms with Crippen molar-refractivity contribution in [3.63, 3.8) is 0 Å². The van der Waals surface area contributed by atoms with E-state index in [9.17, 15) is 13.2 Å². The number of nitrogens with one attached hydrogen (secondary N) is 1. The van der Waals surface area contributed by atoms with E-state index in [0.29, 0.717) is 6.61 Å². The van der Waals surface area contributed by atoms with Gasteiger partial charge >= 0.3 is 6.18 Å². The van der Waals surface area contributed by atoms with Gasteiger partial charge in [0.05, 0.1) is 6.10 Å². The molecule has 2 unspecified atom stereocenters. The summed E-state index contributed by atoms with van der Waals surface area (Å²) < 4.78 is 42.6. The van der Waals surface area contributed by atoms with Crippen LogP contribution in [-0.2, 0) is 4.74 Å². The Balaban J connectivity index is 2.77. The summed E-state index contributed by atoms with van der Waals surface area (Å²) in [6.07, 6.45) is -5.31. The van der Waals surface area contributed by atoms with Gasteiger partial charge in [-0.2, -0.15) is 13.2 Å². The van der Waals surface area contributed by atoms with Gasteiger partial charge in [0.2, 0.25) is 0 Å². The Labute approximate surface area is 112 Å². The topological polar surface area (TPSA) is 21.3 Å². The summed E-state index contributed by atoms with van der Waals surface area (Å²) in [5.41, 5.74) is 0.894. The quantitative estimate of drug-likeness (QED) is 0.819. The van der Waals surface area contributed by atoms with Crippen LogP contribution in [0.25, 0.3) is 0 Å². The van der Waals surface area contributed by atoms with E-state index in [4.69, 9.17) is 4.74 Å². The number of hydrogen-bond acceptors (Lipinski definition) is 2. The molecule has 19 heavy (non-hydrogen) atoms. The van der Waals surface area contributed by atoms with Gasteiger partial charge in [0, 0.05) is 19.1 Å². The van der Waals surface area contributed by atoms with Gasteiger partial charge in [-0.3, -0.25) is 0 Å². The van der Waals surface area contributed by atoms with E-state index in [1.165, 1.54) is 0 Å². The van der Waals surface area contributed by atoms with Gasteiger partial charge in [-0.1, -0.05) is 30.3 Å². The Hall–Kier alpha value is -1.07. The Morgan fingerprint density at radius 2 is 1.84 bits per heavy atom. The van der Waals surface area contributed by atoms with Gasteiger partial charge < -0.3 is 10.1 Å². The minimum atomic E-state index is -4.14. The highest BCUT2D eigenvalue weighted by Crippen LogP contribution is 2.28. The van der Waals surface area contributed by atoms with Crippen molar-refractivity contribution in [3.05, 3.63) is 35.9 Å². The molecule has 0 heterocycles. The monoisotopic (exact) mass is 275 g/mol. The summed E-state index contributed by atoms with van der Waals surface area (Å²) in [5, 5.41) is 2.93. The summed E-state index contributed by atoms with van der Waals surface area (Å²) in [6.45, 7) is 2.30. The van der Waals surface area contributed by atoms with Crippen molar-refractivity contribution in [2.24, 2.45) is 0 Å². The molecule has 0 spiro atoms. The van der Waals surface area contributed by atoms with Crippen LogP contribution in [0.4, 0.5) is 13.2 Å². The zero-order chi connectivity index (χ0) is 14.3. The van der Waals surface area contributed by atoms with Crippen LogP contribution in [0.1, 0.15) is 31.4 Å². The molecule has 0 fully saturated rings. The summed E-state index contributed by atoms with van der Waals surface area (Å²) in [7, 11) is 1.66. The first-order valence-electron chi connectivity index (χ1n) is 6.38. The number of alkyl halides is 3. The second kappa shape index (κ2) is 7.50. The summed E-state index contributed by atoms with van der Waals surface area (Å²) in [6, 6.07) is 8.98. The van der Waals surface area contributed by atoms with Crippen LogP contribution in [0.5, 0.6) is 0 Å². The minimum absolute atomic E-state index is 0.000436. The van der Waals surface area contributed by atoms with Crippen LogP contribution < -0.4 is 5.32 Å². The average Bonchev–Trinajstić information content (AvgIpc) is 2.38. The zero-order valence-corrected chi connectivity index (χ0v) is 11.2. The largest absolute Gasteiger partial charge is 0.389 e. The Kier molecular flexibility index (Phi) is 6.31. The molecule has 0 saturated carbocycles. The summed E-state index contributed by atoms with van der Waals surface area (Å²) in [5.74, 6) is 0. The lowest BCUT2D eigenvalue weighted by molar-refractivity contribution is -0.138. The number of ether oxygens (including phenoxy) is 1.